The number of rotatable bonds is 4. The summed E-state index contributed by atoms with van der Waals surface area (Å²) in [7, 11) is 2.10. The van der Waals surface area contributed by atoms with Crippen molar-refractivity contribution in [1.29, 1.82) is 0 Å². The molecule has 4 nitrogen and oxygen atoms in total. The Kier molecular flexibility index (Phi) is 4.07. The molecule has 3 aromatic heterocycles. The number of aryl methyl sites for hydroxylation is 2. The topological polar surface area (TPSA) is 41.9 Å². The number of aromatic nitrogens is 3. The van der Waals surface area contributed by atoms with E-state index in [1.165, 1.54) is 15.8 Å². The standard InChI is InChI=1S/C17H20N4S/c1-5-10-21(4)16-14-11(2)12(3)22-17(14)20-15(19-16)13-8-6-7-9-18-13/h6-9H,5,10H2,1-4H3. The summed E-state index contributed by atoms with van der Waals surface area (Å²) in [5.41, 5.74) is 2.10. The highest BCUT2D eigenvalue weighted by atomic mass is 32.1. The molecule has 0 aliphatic heterocycles. The van der Waals surface area contributed by atoms with E-state index in [-0.39, 0.29) is 0 Å². The first-order chi connectivity index (χ1) is 10.6. The second-order valence-electron chi connectivity index (χ2n) is 5.47. The van der Waals surface area contributed by atoms with Gasteiger partial charge in [-0.25, -0.2) is 9.97 Å². The van der Waals surface area contributed by atoms with Crippen molar-refractivity contribution in [1.82, 2.24) is 15.0 Å². The van der Waals surface area contributed by atoms with E-state index in [1.54, 1.807) is 17.5 Å². The molecule has 0 saturated heterocycles. The maximum atomic E-state index is 4.82. The highest BCUT2D eigenvalue weighted by Crippen LogP contribution is 2.35. The number of anilines is 1. The van der Waals surface area contributed by atoms with Crippen LogP contribution in [-0.2, 0) is 0 Å². The Morgan fingerprint density at radius 2 is 2.00 bits per heavy atom. The molecule has 3 heterocycles. The molecule has 0 aliphatic rings. The van der Waals surface area contributed by atoms with Crippen molar-refractivity contribution < 1.29 is 0 Å². The monoisotopic (exact) mass is 312 g/mol. The average molecular weight is 312 g/mol. The van der Waals surface area contributed by atoms with Crippen LogP contribution in [0.2, 0.25) is 0 Å². The predicted molar refractivity (Wildman–Crippen MR) is 93.7 cm³/mol. The number of thiophene rings is 1. The Morgan fingerprint density at radius 1 is 1.18 bits per heavy atom. The minimum absolute atomic E-state index is 0.701. The fourth-order valence-corrected chi connectivity index (χ4v) is 3.58. The van der Waals surface area contributed by atoms with Crippen LogP contribution in [0.5, 0.6) is 0 Å². The maximum absolute atomic E-state index is 4.82. The molecule has 22 heavy (non-hydrogen) atoms. The van der Waals surface area contributed by atoms with Gasteiger partial charge in [-0.15, -0.1) is 11.3 Å². The van der Waals surface area contributed by atoms with E-state index in [4.69, 9.17) is 9.97 Å². The summed E-state index contributed by atoms with van der Waals surface area (Å²) in [6, 6.07) is 5.83. The number of nitrogens with zero attached hydrogens (tertiary/aromatic N) is 4. The van der Waals surface area contributed by atoms with Crippen LogP contribution < -0.4 is 4.90 Å². The van der Waals surface area contributed by atoms with Crippen LogP contribution in [0.1, 0.15) is 23.8 Å². The number of pyridine rings is 1. The molecule has 3 rings (SSSR count). The molecule has 0 fully saturated rings. The molecule has 0 atom stereocenters. The second-order valence-corrected chi connectivity index (χ2v) is 6.67. The molecule has 114 valence electrons. The summed E-state index contributed by atoms with van der Waals surface area (Å²) >= 11 is 1.73. The molecule has 3 aromatic rings. The Bertz CT molecular complexity index is 795. The van der Waals surface area contributed by atoms with Gasteiger partial charge in [-0.2, -0.15) is 0 Å². The van der Waals surface area contributed by atoms with Gasteiger partial charge in [0.2, 0.25) is 0 Å². The van der Waals surface area contributed by atoms with E-state index in [0.717, 1.165) is 29.3 Å². The van der Waals surface area contributed by atoms with Gasteiger partial charge in [-0.1, -0.05) is 13.0 Å². The van der Waals surface area contributed by atoms with Gasteiger partial charge in [0.1, 0.15) is 16.3 Å². The van der Waals surface area contributed by atoms with Gasteiger partial charge in [0.15, 0.2) is 5.82 Å². The Labute approximate surface area is 134 Å². The van der Waals surface area contributed by atoms with Gasteiger partial charge in [0, 0.05) is 24.7 Å². The largest absolute Gasteiger partial charge is 0.359 e. The van der Waals surface area contributed by atoms with Gasteiger partial charge >= 0.3 is 0 Å². The average Bonchev–Trinajstić information content (AvgIpc) is 2.82. The third kappa shape index (κ3) is 2.57. The molecule has 5 heteroatoms. The molecule has 0 unspecified atom stereocenters. The predicted octanol–water partition coefficient (Wildman–Crippen LogP) is 4.22. The summed E-state index contributed by atoms with van der Waals surface area (Å²) < 4.78 is 0. The van der Waals surface area contributed by atoms with Crippen molar-refractivity contribution >= 4 is 27.4 Å². The smallest absolute Gasteiger partial charge is 0.181 e. The number of hydrogen-bond donors (Lipinski definition) is 0. The SMILES string of the molecule is CCCN(C)c1nc(-c2ccccn2)nc2sc(C)c(C)c12. The van der Waals surface area contributed by atoms with Crippen molar-refractivity contribution in [2.24, 2.45) is 0 Å². The van der Waals surface area contributed by atoms with Crippen LogP contribution in [0.3, 0.4) is 0 Å². The molecule has 0 saturated carbocycles. The Morgan fingerprint density at radius 3 is 2.68 bits per heavy atom. The van der Waals surface area contributed by atoms with E-state index in [0.29, 0.717) is 5.82 Å². The maximum Gasteiger partial charge on any atom is 0.181 e. The van der Waals surface area contributed by atoms with Crippen molar-refractivity contribution in [2.45, 2.75) is 27.2 Å². The lowest BCUT2D eigenvalue weighted by Crippen LogP contribution is -2.20. The fraction of sp³-hybridized carbons (Fsp3) is 0.353. The van der Waals surface area contributed by atoms with E-state index >= 15 is 0 Å². The van der Waals surface area contributed by atoms with Crippen molar-refractivity contribution in [3.05, 3.63) is 34.8 Å². The first-order valence-corrected chi connectivity index (χ1v) is 8.33. The van der Waals surface area contributed by atoms with Crippen LogP contribution in [0.4, 0.5) is 5.82 Å². The normalized spacial score (nSPS) is 11.1. The van der Waals surface area contributed by atoms with Crippen LogP contribution in [0.15, 0.2) is 24.4 Å². The molecule has 0 N–H and O–H groups in total. The third-order valence-corrected chi connectivity index (χ3v) is 4.93. The molecule has 0 amide bonds. The van der Waals surface area contributed by atoms with Gasteiger partial charge in [0.05, 0.1) is 5.39 Å². The molecule has 0 bridgehead atoms. The molecule has 0 aromatic carbocycles. The Balaban J connectivity index is 2.25. The molecular weight excluding hydrogens is 292 g/mol. The lowest BCUT2D eigenvalue weighted by Gasteiger charge is -2.19. The highest BCUT2D eigenvalue weighted by Gasteiger charge is 2.18. The van der Waals surface area contributed by atoms with Gasteiger partial charge in [-0.3, -0.25) is 4.98 Å². The summed E-state index contributed by atoms with van der Waals surface area (Å²) in [6.45, 7) is 7.45. The second kappa shape index (κ2) is 6.01. The molecule has 0 radical (unpaired) electrons. The molecular formula is C17H20N4S. The number of hydrogen-bond acceptors (Lipinski definition) is 5. The first-order valence-electron chi connectivity index (χ1n) is 7.52. The van der Waals surface area contributed by atoms with E-state index < -0.39 is 0 Å². The van der Waals surface area contributed by atoms with Crippen LogP contribution in [0, 0.1) is 13.8 Å². The van der Waals surface area contributed by atoms with Crippen molar-refractivity contribution in [3.63, 3.8) is 0 Å². The minimum atomic E-state index is 0.701. The zero-order chi connectivity index (χ0) is 15.7. The lowest BCUT2D eigenvalue weighted by molar-refractivity contribution is 0.840. The zero-order valence-corrected chi connectivity index (χ0v) is 14.2. The Hall–Kier alpha value is -2.01. The first kappa shape index (κ1) is 14.9. The number of fused-ring (bicyclic) bond motifs is 1. The van der Waals surface area contributed by atoms with Crippen LogP contribution in [-0.4, -0.2) is 28.5 Å². The van der Waals surface area contributed by atoms with E-state index in [9.17, 15) is 0 Å². The van der Waals surface area contributed by atoms with Gasteiger partial charge < -0.3 is 4.90 Å². The van der Waals surface area contributed by atoms with E-state index in [1.807, 2.05) is 18.2 Å². The minimum Gasteiger partial charge on any atom is -0.359 e. The quantitative estimate of drug-likeness (QED) is 0.723. The van der Waals surface area contributed by atoms with Crippen LogP contribution in [0.25, 0.3) is 21.7 Å². The summed E-state index contributed by atoms with van der Waals surface area (Å²) in [4.78, 5) is 18.5. The summed E-state index contributed by atoms with van der Waals surface area (Å²) in [5, 5.41) is 1.18. The fourth-order valence-electron chi connectivity index (χ4n) is 2.56. The van der Waals surface area contributed by atoms with Crippen LogP contribution >= 0.6 is 11.3 Å². The van der Waals surface area contributed by atoms with Crippen molar-refractivity contribution in [2.75, 3.05) is 18.5 Å². The third-order valence-electron chi connectivity index (χ3n) is 3.82. The van der Waals surface area contributed by atoms with E-state index in [2.05, 4.69) is 37.7 Å². The van der Waals surface area contributed by atoms with Gasteiger partial charge in [-0.05, 0) is 38.0 Å². The lowest BCUT2D eigenvalue weighted by atomic mass is 10.2. The molecule has 0 aliphatic carbocycles. The summed E-state index contributed by atoms with van der Waals surface area (Å²) in [6.07, 6.45) is 2.87. The van der Waals surface area contributed by atoms with Gasteiger partial charge in [0.25, 0.3) is 0 Å². The summed E-state index contributed by atoms with van der Waals surface area (Å²) in [5.74, 6) is 1.71. The van der Waals surface area contributed by atoms with Crippen molar-refractivity contribution in [3.8, 4) is 11.5 Å². The molecule has 0 spiro atoms. The zero-order valence-electron chi connectivity index (χ0n) is 13.4. The highest BCUT2D eigenvalue weighted by molar-refractivity contribution is 7.18.